The first-order valence-electron chi connectivity index (χ1n) is 4.70. The Balaban J connectivity index is 2.39. The molecule has 0 atom stereocenters. The molecule has 0 fully saturated rings. The van der Waals surface area contributed by atoms with E-state index in [2.05, 4.69) is 0 Å². The van der Waals surface area contributed by atoms with Crippen LogP contribution in [0.2, 0.25) is 0 Å². The molecule has 3 heteroatoms. The molecule has 1 aromatic carbocycles. The van der Waals surface area contributed by atoms with Gasteiger partial charge in [0.05, 0.1) is 0 Å². The fraction of sp³-hybridized carbons (Fsp3) is 0.0833. The van der Waals surface area contributed by atoms with Gasteiger partial charge in [-0.25, -0.2) is 0 Å². The van der Waals surface area contributed by atoms with Crippen molar-refractivity contribution in [3.63, 3.8) is 0 Å². The van der Waals surface area contributed by atoms with E-state index in [0.717, 1.165) is 11.3 Å². The summed E-state index contributed by atoms with van der Waals surface area (Å²) < 4.78 is 0. The second kappa shape index (κ2) is 4.00. The second-order valence-electron chi connectivity index (χ2n) is 3.28. The Kier molecular flexibility index (Phi) is 2.54. The number of carboxylic acids is 1. The molecule has 0 spiro atoms. The number of para-hydroxylation sites is 1. The van der Waals surface area contributed by atoms with Gasteiger partial charge in [-0.3, -0.25) is 4.79 Å². The van der Waals surface area contributed by atoms with Crippen molar-refractivity contribution < 1.29 is 9.90 Å². The number of anilines is 1. The number of carbonyl (C=O) groups is 1. The Hall–Kier alpha value is -2.03. The predicted octanol–water partition coefficient (Wildman–Crippen LogP) is 2.12. The van der Waals surface area contributed by atoms with Crippen LogP contribution in [0.5, 0.6) is 0 Å². The van der Waals surface area contributed by atoms with Crippen LogP contribution >= 0.6 is 0 Å². The molecule has 2 rings (SSSR count). The molecule has 1 aliphatic rings. The molecule has 1 aromatic rings. The highest BCUT2D eigenvalue weighted by atomic mass is 16.4. The van der Waals surface area contributed by atoms with Gasteiger partial charge in [-0.05, 0) is 17.7 Å². The summed E-state index contributed by atoms with van der Waals surface area (Å²) in [6, 6.07) is 7.72. The first-order valence-corrected chi connectivity index (χ1v) is 4.70. The second-order valence-corrected chi connectivity index (χ2v) is 3.28. The third-order valence-corrected chi connectivity index (χ3v) is 2.20. The van der Waals surface area contributed by atoms with Crippen molar-refractivity contribution >= 4 is 17.7 Å². The first kappa shape index (κ1) is 9.52. The van der Waals surface area contributed by atoms with Crippen LogP contribution in [0.3, 0.4) is 0 Å². The Bertz CT molecular complexity index is 435. The normalized spacial score (nSPS) is 13.5. The lowest BCUT2D eigenvalue weighted by molar-refractivity contribution is -0.135. The van der Waals surface area contributed by atoms with Crippen molar-refractivity contribution in [2.75, 3.05) is 11.4 Å². The van der Waals surface area contributed by atoms with Gasteiger partial charge in [-0.1, -0.05) is 30.4 Å². The fourth-order valence-corrected chi connectivity index (χ4v) is 1.57. The molecular formula is C12H11NO2. The number of benzene rings is 1. The molecular weight excluding hydrogens is 190 g/mol. The highest BCUT2D eigenvalue weighted by molar-refractivity contribution is 5.78. The van der Waals surface area contributed by atoms with E-state index >= 15 is 0 Å². The third-order valence-electron chi connectivity index (χ3n) is 2.20. The summed E-state index contributed by atoms with van der Waals surface area (Å²) in [6.07, 6.45) is 7.48. The quantitative estimate of drug-likeness (QED) is 0.796. The topological polar surface area (TPSA) is 40.5 Å². The molecule has 0 aliphatic carbocycles. The highest BCUT2D eigenvalue weighted by Gasteiger charge is 2.11. The van der Waals surface area contributed by atoms with Gasteiger partial charge in [0, 0.05) is 11.9 Å². The molecule has 0 unspecified atom stereocenters. The monoisotopic (exact) mass is 201 g/mol. The molecule has 0 aromatic heterocycles. The van der Waals surface area contributed by atoms with Crippen LogP contribution in [0.4, 0.5) is 5.69 Å². The number of hydrogen-bond acceptors (Lipinski definition) is 2. The minimum Gasteiger partial charge on any atom is -0.480 e. The van der Waals surface area contributed by atoms with Gasteiger partial charge >= 0.3 is 5.97 Å². The maximum atomic E-state index is 10.7. The zero-order valence-electron chi connectivity index (χ0n) is 8.13. The molecule has 0 amide bonds. The molecule has 0 saturated carbocycles. The molecule has 3 nitrogen and oxygen atoms in total. The Morgan fingerprint density at radius 2 is 2.07 bits per heavy atom. The standard InChI is InChI=1S/C12H11NO2/c14-12(15)9-13-8-4-3-6-10-5-1-2-7-11(10)13/h1-8H,9H2,(H,14,15). The summed E-state index contributed by atoms with van der Waals surface area (Å²) in [6.45, 7) is -0.0187. The fourth-order valence-electron chi connectivity index (χ4n) is 1.57. The van der Waals surface area contributed by atoms with E-state index in [1.807, 2.05) is 42.5 Å². The van der Waals surface area contributed by atoms with Crippen LogP contribution < -0.4 is 4.90 Å². The van der Waals surface area contributed by atoms with Crippen LogP contribution in [-0.2, 0) is 4.79 Å². The zero-order chi connectivity index (χ0) is 10.7. The molecule has 15 heavy (non-hydrogen) atoms. The summed E-state index contributed by atoms with van der Waals surface area (Å²) >= 11 is 0. The Morgan fingerprint density at radius 3 is 2.87 bits per heavy atom. The number of carboxylic acid groups (broad SMARTS) is 1. The average Bonchev–Trinajstić information content (AvgIpc) is 2.41. The van der Waals surface area contributed by atoms with Crippen molar-refractivity contribution in [3.8, 4) is 0 Å². The number of rotatable bonds is 2. The van der Waals surface area contributed by atoms with Gasteiger partial charge in [-0.2, -0.15) is 0 Å². The number of hydrogen-bond donors (Lipinski definition) is 1. The van der Waals surface area contributed by atoms with Crippen LogP contribution in [0.25, 0.3) is 6.08 Å². The number of fused-ring (bicyclic) bond motifs is 1. The minimum absolute atomic E-state index is 0.0187. The van der Waals surface area contributed by atoms with Crippen LogP contribution in [0.1, 0.15) is 5.56 Å². The van der Waals surface area contributed by atoms with Crippen molar-refractivity contribution in [3.05, 3.63) is 48.2 Å². The van der Waals surface area contributed by atoms with Crippen LogP contribution in [0.15, 0.2) is 42.6 Å². The van der Waals surface area contributed by atoms with Crippen LogP contribution in [-0.4, -0.2) is 17.6 Å². The number of aliphatic carboxylic acids is 1. The van der Waals surface area contributed by atoms with Crippen molar-refractivity contribution in [1.82, 2.24) is 0 Å². The summed E-state index contributed by atoms with van der Waals surface area (Å²) in [5.74, 6) is -0.837. The molecule has 1 aliphatic heterocycles. The SMILES string of the molecule is O=C(O)CN1C=CC=Cc2ccccc21. The van der Waals surface area contributed by atoms with Gasteiger partial charge in [0.1, 0.15) is 6.54 Å². The predicted molar refractivity (Wildman–Crippen MR) is 59.6 cm³/mol. The molecule has 0 bridgehead atoms. The number of allylic oxidation sites excluding steroid dienone is 2. The minimum atomic E-state index is -0.837. The van der Waals surface area contributed by atoms with Gasteiger partial charge in [0.15, 0.2) is 0 Å². The average molecular weight is 201 g/mol. The highest BCUT2D eigenvalue weighted by Crippen LogP contribution is 2.23. The molecule has 1 heterocycles. The van der Waals surface area contributed by atoms with Crippen LogP contribution in [0, 0.1) is 0 Å². The Morgan fingerprint density at radius 1 is 1.27 bits per heavy atom. The largest absolute Gasteiger partial charge is 0.480 e. The summed E-state index contributed by atoms with van der Waals surface area (Å²) in [5, 5.41) is 8.79. The lowest BCUT2D eigenvalue weighted by Crippen LogP contribution is -2.24. The molecule has 1 N–H and O–H groups in total. The van der Waals surface area contributed by atoms with Gasteiger partial charge in [0.25, 0.3) is 0 Å². The maximum absolute atomic E-state index is 10.7. The van der Waals surface area contributed by atoms with Gasteiger partial charge < -0.3 is 10.0 Å². The van der Waals surface area contributed by atoms with E-state index in [0.29, 0.717) is 0 Å². The van der Waals surface area contributed by atoms with E-state index in [9.17, 15) is 4.79 Å². The number of nitrogens with zero attached hydrogens (tertiary/aromatic N) is 1. The first-order chi connectivity index (χ1) is 7.27. The van der Waals surface area contributed by atoms with Crippen molar-refractivity contribution in [2.24, 2.45) is 0 Å². The van der Waals surface area contributed by atoms with Gasteiger partial charge in [0.2, 0.25) is 0 Å². The van der Waals surface area contributed by atoms with E-state index in [-0.39, 0.29) is 6.54 Å². The Labute approximate surface area is 88.0 Å². The molecule has 0 radical (unpaired) electrons. The molecule has 0 saturated heterocycles. The summed E-state index contributed by atoms with van der Waals surface area (Å²) in [4.78, 5) is 12.4. The van der Waals surface area contributed by atoms with Crippen molar-refractivity contribution in [2.45, 2.75) is 0 Å². The van der Waals surface area contributed by atoms with E-state index in [1.54, 1.807) is 11.1 Å². The van der Waals surface area contributed by atoms with E-state index in [4.69, 9.17) is 5.11 Å². The van der Waals surface area contributed by atoms with E-state index in [1.165, 1.54) is 0 Å². The zero-order valence-corrected chi connectivity index (χ0v) is 8.13. The van der Waals surface area contributed by atoms with Gasteiger partial charge in [-0.15, -0.1) is 0 Å². The maximum Gasteiger partial charge on any atom is 0.323 e. The lowest BCUT2D eigenvalue weighted by atomic mass is 10.1. The summed E-state index contributed by atoms with van der Waals surface area (Å²) in [5.41, 5.74) is 1.95. The van der Waals surface area contributed by atoms with E-state index < -0.39 is 5.97 Å². The molecule has 76 valence electrons. The third kappa shape index (κ3) is 2.07. The smallest absolute Gasteiger partial charge is 0.323 e. The lowest BCUT2D eigenvalue weighted by Gasteiger charge is -2.19. The summed E-state index contributed by atoms with van der Waals surface area (Å²) in [7, 11) is 0. The van der Waals surface area contributed by atoms with Crippen molar-refractivity contribution in [1.29, 1.82) is 0 Å².